The van der Waals surface area contributed by atoms with Crippen LogP contribution >= 0.6 is 0 Å². The molecule has 0 saturated heterocycles. The van der Waals surface area contributed by atoms with Gasteiger partial charge in [0.1, 0.15) is 5.75 Å². The fraction of sp³-hybridized carbons (Fsp3) is 0.353. The zero-order valence-electron chi connectivity index (χ0n) is 13.1. The van der Waals surface area contributed by atoms with Gasteiger partial charge in [0, 0.05) is 24.4 Å². The number of rotatable bonds is 5. The Hall–Kier alpha value is -2.23. The van der Waals surface area contributed by atoms with E-state index in [-0.39, 0.29) is 5.91 Å². The van der Waals surface area contributed by atoms with Gasteiger partial charge in [-0.25, -0.2) is 0 Å². The van der Waals surface area contributed by atoms with Crippen molar-refractivity contribution in [3.63, 3.8) is 0 Å². The second kappa shape index (κ2) is 6.48. The minimum atomic E-state index is -0.00796. The van der Waals surface area contributed by atoms with E-state index >= 15 is 0 Å². The molecular formula is C17H22N2O2. The Labute approximate surface area is 125 Å². The van der Waals surface area contributed by atoms with Gasteiger partial charge in [-0.3, -0.25) is 4.79 Å². The molecule has 0 fully saturated rings. The highest BCUT2D eigenvalue weighted by molar-refractivity contribution is 5.92. The maximum absolute atomic E-state index is 12.1. The molecule has 0 unspecified atom stereocenters. The molecule has 0 bridgehead atoms. The number of carbonyl (C=O) groups is 1. The zero-order chi connectivity index (χ0) is 15.4. The molecule has 1 aromatic carbocycles. The van der Waals surface area contributed by atoms with E-state index in [4.69, 9.17) is 4.74 Å². The van der Waals surface area contributed by atoms with Crippen LogP contribution in [0.3, 0.4) is 0 Å². The Morgan fingerprint density at radius 2 is 1.81 bits per heavy atom. The van der Waals surface area contributed by atoms with Crippen molar-refractivity contribution in [2.45, 2.75) is 33.7 Å². The van der Waals surface area contributed by atoms with Crippen LogP contribution in [0.25, 0.3) is 0 Å². The van der Waals surface area contributed by atoms with Crippen molar-refractivity contribution in [2.24, 2.45) is 0 Å². The molecule has 1 amide bonds. The van der Waals surface area contributed by atoms with Gasteiger partial charge in [0.25, 0.3) is 0 Å². The molecule has 0 aliphatic rings. The van der Waals surface area contributed by atoms with E-state index in [2.05, 4.69) is 35.9 Å². The van der Waals surface area contributed by atoms with Gasteiger partial charge >= 0.3 is 0 Å². The van der Waals surface area contributed by atoms with Gasteiger partial charge in [-0.15, -0.1) is 0 Å². The minimum Gasteiger partial charge on any atom is -0.495 e. The van der Waals surface area contributed by atoms with Crippen molar-refractivity contribution < 1.29 is 9.53 Å². The predicted octanol–water partition coefficient (Wildman–Crippen LogP) is 3.45. The van der Waals surface area contributed by atoms with Gasteiger partial charge in [0.05, 0.1) is 12.8 Å². The molecule has 2 rings (SSSR count). The SMILES string of the molecule is COc1ccc(C)cc1NC(=O)CCn1c(C)ccc1C. The fourth-order valence-corrected chi connectivity index (χ4v) is 2.40. The number of nitrogens with zero attached hydrogens (tertiary/aromatic N) is 1. The third-order valence-corrected chi connectivity index (χ3v) is 3.61. The maximum atomic E-state index is 12.1. The van der Waals surface area contributed by atoms with Crippen LogP contribution in [0.2, 0.25) is 0 Å². The normalized spacial score (nSPS) is 10.5. The lowest BCUT2D eigenvalue weighted by Gasteiger charge is -2.12. The van der Waals surface area contributed by atoms with Crippen LogP contribution in [-0.2, 0) is 11.3 Å². The summed E-state index contributed by atoms with van der Waals surface area (Å²) in [7, 11) is 1.60. The molecule has 0 aliphatic carbocycles. The van der Waals surface area contributed by atoms with Crippen LogP contribution < -0.4 is 10.1 Å². The number of anilines is 1. The van der Waals surface area contributed by atoms with Crippen molar-refractivity contribution in [3.05, 3.63) is 47.3 Å². The lowest BCUT2D eigenvalue weighted by atomic mass is 10.2. The molecule has 1 N–H and O–H groups in total. The molecule has 0 radical (unpaired) electrons. The molecule has 4 nitrogen and oxygen atoms in total. The van der Waals surface area contributed by atoms with Gasteiger partial charge in [0.2, 0.25) is 5.91 Å². The van der Waals surface area contributed by atoms with E-state index in [0.29, 0.717) is 18.7 Å². The zero-order valence-corrected chi connectivity index (χ0v) is 13.1. The number of benzene rings is 1. The smallest absolute Gasteiger partial charge is 0.226 e. The van der Waals surface area contributed by atoms with E-state index in [1.165, 1.54) is 11.4 Å². The summed E-state index contributed by atoms with van der Waals surface area (Å²) < 4.78 is 7.42. The summed E-state index contributed by atoms with van der Waals surface area (Å²) in [4.78, 5) is 12.1. The topological polar surface area (TPSA) is 43.3 Å². The molecule has 0 atom stereocenters. The highest BCUT2D eigenvalue weighted by Crippen LogP contribution is 2.25. The van der Waals surface area contributed by atoms with Crippen molar-refractivity contribution in [1.82, 2.24) is 4.57 Å². The Morgan fingerprint density at radius 3 is 2.43 bits per heavy atom. The average molecular weight is 286 g/mol. The number of aromatic nitrogens is 1. The molecular weight excluding hydrogens is 264 g/mol. The number of hydrogen-bond donors (Lipinski definition) is 1. The number of amides is 1. The number of carbonyl (C=O) groups excluding carboxylic acids is 1. The van der Waals surface area contributed by atoms with Crippen LogP contribution in [0.4, 0.5) is 5.69 Å². The van der Waals surface area contributed by atoms with Gasteiger partial charge in [-0.2, -0.15) is 0 Å². The average Bonchev–Trinajstić information content (AvgIpc) is 2.76. The highest BCUT2D eigenvalue weighted by Gasteiger charge is 2.09. The van der Waals surface area contributed by atoms with E-state index in [1.54, 1.807) is 7.11 Å². The Bertz CT molecular complexity index is 625. The summed E-state index contributed by atoms with van der Waals surface area (Å²) in [6, 6.07) is 9.88. The second-order valence-electron chi connectivity index (χ2n) is 5.27. The molecule has 1 aromatic heterocycles. The summed E-state index contributed by atoms with van der Waals surface area (Å²) in [5.41, 5.74) is 4.16. The van der Waals surface area contributed by atoms with Gasteiger partial charge < -0.3 is 14.6 Å². The first-order chi connectivity index (χ1) is 10.0. The summed E-state index contributed by atoms with van der Waals surface area (Å²) >= 11 is 0. The predicted molar refractivity (Wildman–Crippen MR) is 84.9 cm³/mol. The number of nitrogens with one attached hydrogen (secondary N) is 1. The van der Waals surface area contributed by atoms with E-state index in [1.807, 2.05) is 25.1 Å². The number of aryl methyl sites for hydroxylation is 3. The van der Waals surface area contributed by atoms with E-state index in [9.17, 15) is 4.79 Å². The van der Waals surface area contributed by atoms with Crippen molar-refractivity contribution in [3.8, 4) is 5.75 Å². The number of hydrogen-bond acceptors (Lipinski definition) is 2. The lowest BCUT2D eigenvalue weighted by molar-refractivity contribution is -0.116. The van der Waals surface area contributed by atoms with Gasteiger partial charge in [-0.1, -0.05) is 6.07 Å². The molecule has 112 valence electrons. The Morgan fingerprint density at radius 1 is 1.14 bits per heavy atom. The molecule has 21 heavy (non-hydrogen) atoms. The van der Waals surface area contributed by atoms with Crippen LogP contribution in [0.1, 0.15) is 23.4 Å². The molecule has 0 spiro atoms. The van der Waals surface area contributed by atoms with Crippen molar-refractivity contribution in [1.29, 1.82) is 0 Å². The molecule has 0 saturated carbocycles. The largest absolute Gasteiger partial charge is 0.495 e. The lowest BCUT2D eigenvalue weighted by Crippen LogP contribution is -2.16. The second-order valence-corrected chi connectivity index (χ2v) is 5.27. The van der Waals surface area contributed by atoms with Gasteiger partial charge in [-0.05, 0) is 50.6 Å². The van der Waals surface area contributed by atoms with Crippen LogP contribution in [0, 0.1) is 20.8 Å². The van der Waals surface area contributed by atoms with Crippen LogP contribution in [0.15, 0.2) is 30.3 Å². The van der Waals surface area contributed by atoms with Crippen LogP contribution in [-0.4, -0.2) is 17.6 Å². The Kier molecular flexibility index (Phi) is 4.68. The van der Waals surface area contributed by atoms with Gasteiger partial charge in [0.15, 0.2) is 0 Å². The summed E-state index contributed by atoms with van der Waals surface area (Å²) in [5, 5.41) is 2.93. The summed E-state index contributed by atoms with van der Waals surface area (Å²) in [6.45, 7) is 6.77. The minimum absolute atomic E-state index is 0.00796. The monoisotopic (exact) mass is 286 g/mol. The first-order valence-corrected chi connectivity index (χ1v) is 7.08. The fourth-order valence-electron chi connectivity index (χ4n) is 2.40. The van der Waals surface area contributed by atoms with E-state index in [0.717, 1.165) is 11.3 Å². The van der Waals surface area contributed by atoms with Crippen LogP contribution in [0.5, 0.6) is 5.75 Å². The first-order valence-electron chi connectivity index (χ1n) is 7.08. The summed E-state index contributed by atoms with van der Waals surface area (Å²) in [6.07, 6.45) is 0.438. The third kappa shape index (κ3) is 3.66. The van der Waals surface area contributed by atoms with E-state index < -0.39 is 0 Å². The molecule has 0 aliphatic heterocycles. The summed E-state index contributed by atoms with van der Waals surface area (Å²) in [5.74, 6) is 0.675. The molecule has 1 heterocycles. The standard InChI is InChI=1S/C17H22N2O2/c1-12-5-8-16(21-4)15(11-12)18-17(20)9-10-19-13(2)6-7-14(19)3/h5-8,11H,9-10H2,1-4H3,(H,18,20). The number of methoxy groups -OCH3 is 1. The van der Waals surface area contributed by atoms with Crippen molar-refractivity contribution in [2.75, 3.05) is 12.4 Å². The Balaban J connectivity index is 2.01. The third-order valence-electron chi connectivity index (χ3n) is 3.61. The highest BCUT2D eigenvalue weighted by atomic mass is 16.5. The van der Waals surface area contributed by atoms with Crippen molar-refractivity contribution >= 4 is 11.6 Å². The maximum Gasteiger partial charge on any atom is 0.226 e. The molecule has 2 aromatic rings. The molecule has 4 heteroatoms. The first kappa shape index (κ1) is 15.2. The quantitative estimate of drug-likeness (QED) is 0.915. The number of ether oxygens (including phenoxy) is 1.